The van der Waals surface area contributed by atoms with Gasteiger partial charge in [0, 0.05) is 5.02 Å². The summed E-state index contributed by atoms with van der Waals surface area (Å²) in [5.41, 5.74) is 0.0368. The Labute approximate surface area is 164 Å². The van der Waals surface area contributed by atoms with E-state index in [2.05, 4.69) is 9.47 Å². The van der Waals surface area contributed by atoms with Crippen molar-refractivity contribution in [3.63, 3.8) is 0 Å². The SMILES string of the molecule is COC(=O)c1cc(OC(=O)COc2ccc(Cl)cc2Cl)cc(C(=O)OC)c1. The van der Waals surface area contributed by atoms with Crippen LogP contribution in [-0.4, -0.2) is 38.7 Å². The first kappa shape index (κ1) is 20.5. The molecule has 0 unspecified atom stereocenters. The van der Waals surface area contributed by atoms with Crippen molar-refractivity contribution >= 4 is 41.1 Å². The zero-order valence-corrected chi connectivity index (χ0v) is 15.8. The van der Waals surface area contributed by atoms with E-state index < -0.39 is 24.5 Å². The van der Waals surface area contributed by atoms with Crippen molar-refractivity contribution in [2.24, 2.45) is 0 Å². The summed E-state index contributed by atoms with van der Waals surface area (Å²) in [6.45, 7) is -0.461. The third-order valence-electron chi connectivity index (χ3n) is 3.22. The molecule has 0 amide bonds. The molecule has 0 radical (unpaired) electrons. The number of ether oxygens (including phenoxy) is 4. The van der Waals surface area contributed by atoms with Crippen LogP contribution in [0.1, 0.15) is 20.7 Å². The molecule has 0 heterocycles. The molecule has 7 nitrogen and oxygen atoms in total. The van der Waals surface area contributed by atoms with Crippen LogP contribution >= 0.6 is 23.2 Å². The topological polar surface area (TPSA) is 88.1 Å². The minimum absolute atomic E-state index is 0.0184. The number of methoxy groups -OCH3 is 2. The van der Waals surface area contributed by atoms with Gasteiger partial charge in [-0.05, 0) is 36.4 Å². The molecule has 2 rings (SSSR count). The summed E-state index contributed by atoms with van der Waals surface area (Å²) < 4.78 is 19.6. The van der Waals surface area contributed by atoms with Crippen LogP contribution in [0.5, 0.6) is 11.5 Å². The summed E-state index contributed by atoms with van der Waals surface area (Å²) in [6.07, 6.45) is 0. The lowest BCUT2D eigenvalue weighted by molar-refractivity contribution is -0.136. The monoisotopic (exact) mass is 412 g/mol. The molecular weight excluding hydrogens is 399 g/mol. The highest BCUT2D eigenvalue weighted by molar-refractivity contribution is 6.35. The zero-order valence-electron chi connectivity index (χ0n) is 14.3. The van der Waals surface area contributed by atoms with Gasteiger partial charge in [0.15, 0.2) is 6.61 Å². The third kappa shape index (κ3) is 5.60. The van der Waals surface area contributed by atoms with Gasteiger partial charge >= 0.3 is 17.9 Å². The van der Waals surface area contributed by atoms with Crippen molar-refractivity contribution in [2.45, 2.75) is 0 Å². The van der Waals surface area contributed by atoms with Crippen LogP contribution < -0.4 is 9.47 Å². The quantitative estimate of drug-likeness (QED) is 0.529. The smallest absolute Gasteiger partial charge is 0.349 e. The third-order valence-corrected chi connectivity index (χ3v) is 3.75. The Balaban J connectivity index is 2.13. The van der Waals surface area contributed by atoms with Crippen LogP contribution in [0, 0.1) is 0 Å². The van der Waals surface area contributed by atoms with Crippen molar-refractivity contribution in [1.29, 1.82) is 0 Å². The highest BCUT2D eigenvalue weighted by Crippen LogP contribution is 2.27. The molecule has 142 valence electrons. The molecule has 9 heteroatoms. The van der Waals surface area contributed by atoms with Gasteiger partial charge in [0.05, 0.1) is 30.4 Å². The highest BCUT2D eigenvalue weighted by Gasteiger charge is 2.16. The molecule has 27 heavy (non-hydrogen) atoms. The van der Waals surface area contributed by atoms with E-state index in [1.165, 1.54) is 44.6 Å². The molecule has 0 saturated heterocycles. The minimum atomic E-state index is -0.779. The van der Waals surface area contributed by atoms with Gasteiger partial charge in [-0.1, -0.05) is 23.2 Å². The molecule has 0 fully saturated rings. The van der Waals surface area contributed by atoms with E-state index in [-0.39, 0.29) is 27.6 Å². The fourth-order valence-electron chi connectivity index (χ4n) is 2.02. The summed E-state index contributed by atoms with van der Waals surface area (Å²) in [7, 11) is 2.37. The van der Waals surface area contributed by atoms with E-state index >= 15 is 0 Å². The number of esters is 3. The summed E-state index contributed by atoms with van der Waals surface area (Å²) in [5, 5.41) is 0.654. The Morgan fingerprint density at radius 1 is 0.889 bits per heavy atom. The van der Waals surface area contributed by atoms with Gasteiger partial charge in [0.2, 0.25) is 0 Å². The number of carbonyl (C=O) groups excluding carboxylic acids is 3. The molecule has 0 atom stereocenters. The predicted octanol–water partition coefficient (Wildman–Crippen LogP) is 3.55. The van der Waals surface area contributed by atoms with Crippen molar-refractivity contribution in [1.82, 2.24) is 0 Å². The van der Waals surface area contributed by atoms with Crippen LogP contribution in [0.25, 0.3) is 0 Å². The number of hydrogen-bond donors (Lipinski definition) is 0. The maximum absolute atomic E-state index is 12.0. The first-order valence-electron chi connectivity index (χ1n) is 7.44. The van der Waals surface area contributed by atoms with E-state index in [1.807, 2.05) is 0 Å². The Hall–Kier alpha value is -2.77. The van der Waals surface area contributed by atoms with E-state index in [0.29, 0.717) is 5.02 Å². The van der Waals surface area contributed by atoms with Crippen LogP contribution in [0.3, 0.4) is 0 Å². The number of rotatable bonds is 6. The van der Waals surface area contributed by atoms with Gasteiger partial charge in [0.25, 0.3) is 0 Å². The Morgan fingerprint density at radius 3 is 2.00 bits per heavy atom. The van der Waals surface area contributed by atoms with E-state index in [1.54, 1.807) is 6.07 Å². The first-order valence-corrected chi connectivity index (χ1v) is 8.20. The van der Waals surface area contributed by atoms with Crippen molar-refractivity contribution in [2.75, 3.05) is 20.8 Å². The molecule has 2 aromatic carbocycles. The maximum Gasteiger partial charge on any atom is 0.349 e. The number of benzene rings is 2. The summed E-state index contributed by atoms with van der Waals surface area (Å²) >= 11 is 11.7. The van der Waals surface area contributed by atoms with E-state index in [4.69, 9.17) is 32.7 Å². The van der Waals surface area contributed by atoms with Crippen LogP contribution in [0.15, 0.2) is 36.4 Å². The van der Waals surface area contributed by atoms with Gasteiger partial charge in [-0.3, -0.25) is 0 Å². The fraction of sp³-hybridized carbons (Fsp3) is 0.167. The van der Waals surface area contributed by atoms with Crippen molar-refractivity contribution in [3.8, 4) is 11.5 Å². The second-order valence-corrected chi connectivity index (χ2v) is 5.91. The van der Waals surface area contributed by atoms with Gasteiger partial charge in [-0.25, -0.2) is 14.4 Å². The standard InChI is InChI=1S/C18H14Cl2O7/c1-24-17(22)10-5-11(18(23)25-2)7-13(6-10)27-16(21)9-26-15-4-3-12(19)8-14(15)20/h3-8H,9H2,1-2H3. The molecule has 0 aromatic heterocycles. The Kier molecular flexibility index (Phi) is 7.04. The second-order valence-electron chi connectivity index (χ2n) is 5.07. The highest BCUT2D eigenvalue weighted by atomic mass is 35.5. The fourth-order valence-corrected chi connectivity index (χ4v) is 2.48. The average Bonchev–Trinajstić information content (AvgIpc) is 2.65. The van der Waals surface area contributed by atoms with Crippen LogP contribution in [-0.2, 0) is 14.3 Å². The van der Waals surface area contributed by atoms with Crippen molar-refractivity contribution in [3.05, 3.63) is 57.6 Å². The number of hydrogen-bond acceptors (Lipinski definition) is 7. The largest absolute Gasteiger partial charge is 0.480 e. The van der Waals surface area contributed by atoms with Gasteiger partial charge in [-0.2, -0.15) is 0 Å². The Bertz CT molecular complexity index is 846. The zero-order chi connectivity index (χ0) is 20.0. The van der Waals surface area contributed by atoms with Crippen LogP contribution in [0.2, 0.25) is 10.0 Å². The van der Waals surface area contributed by atoms with Crippen LogP contribution in [0.4, 0.5) is 0 Å². The predicted molar refractivity (Wildman–Crippen MR) is 96.7 cm³/mol. The van der Waals surface area contributed by atoms with Crippen molar-refractivity contribution < 1.29 is 33.3 Å². The molecular formula is C18H14Cl2O7. The molecule has 0 aliphatic rings. The lowest BCUT2D eigenvalue weighted by Crippen LogP contribution is -2.18. The summed E-state index contributed by atoms with van der Waals surface area (Å²) in [6, 6.07) is 8.30. The molecule has 0 spiro atoms. The number of carbonyl (C=O) groups is 3. The molecule has 0 aliphatic heterocycles. The van der Waals surface area contributed by atoms with Gasteiger partial charge in [-0.15, -0.1) is 0 Å². The lowest BCUT2D eigenvalue weighted by Gasteiger charge is -2.10. The molecule has 0 aliphatic carbocycles. The van der Waals surface area contributed by atoms with Gasteiger partial charge < -0.3 is 18.9 Å². The van der Waals surface area contributed by atoms with Gasteiger partial charge in [0.1, 0.15) is 11.5 Å². The Morgan fingerprint density at radius 2 is 1.48 bits per heavy atom. The lowest BCUT2D eigenvalue weighted by atomic mass is 10.1. The average molecular weight is 413 g/mol. The molecule has 0 N–H and O–H groups in total. The maximum atomic E-state index is 12.0. The summed E-state index contributed by atoms with van der Waals surface area (Å²) in [4.78, 5) is 35.5. The number of halogens is 2. The first-order chi connectivity index (χ1) is 12.8. The second kappa shape index (κ2) is 9.25. The van der Waals surface area contributed by atoms with E-state index in [0.717, 1.165) is 0 Å². The molecule has 2 aromatic rings. The summed E-state index contributed by atoms with van der Waals surface area (Å²) in [5.74, 6) is -1.99. The minimum Gasteiger partial charge on any atom is -0.480 e. The molecule has 0 bridgehead atoms. The normalized spacial score (nSPS) is 10.1. The molecule has 0 saturated carbocycles. The van der Waals surface area contributed by atoms with E-state index in [9.17, 15) is 14.4 Å².